The van der Waals surface area contributed by atoms with E-state index in [2.05, 4.69) is 4.72 Å². The average molecular weight is 432 g/mol. The van der Waals surface area contributed by atoms with Gasteiger partial charge >= 0.3 is 0 Å². The van der Waals surface area contributed by atoms with E-state index in [4.69, 9.17) is 14.2 Å². The number of carbonyl (C=O) groups is 1. The number of rotatable bonds is 6. The molecule has 0 bridgehead atoms. The Morgan fingerprint density at radius 1 is 1.17 bits per heavy atom. The van der Waals surface area contributed by atoms with Crippen molar-refractivity contribution in [3.63, 3.8) is 0 Å². The number of fused-ring (bicyclic) bond motifs is 1. The number of likely N-dealkylation sites (tertiary alicyclic amines) is 1. The van der Waals surface area contributed by atoms with E-state index in [0.717, 1.165) is 12.8 Å². The van der Waals surface area contributed by atoms with Crippen molar-refractivity contribution >= 4 is 15.9 Å². The van der Waals surface area contributed by atoms with E-state index in [1.54, 1.807) is 17.0 Å². The third kappa shape index (κ3) is 4.22. The van der Waals surface area contributed by atoms with Gasteiger partial charge in [-0.05, 0) is 43.2 Å². The predicted molar refractivity (Wildman–Crippen MR) is 110 cm³/mol. The van der Waals surface area contributed by atoms with Gasteiger partial charge in [0.1, 0.15) is 18.5 Å². The highest BCUT2D eigenvalue weighted by Crippen LogP contribution is 2.31. The maximum absolute atomic E-state index is 12.8. The Morgan fingerprint density at radius 2 is 1.90 bits per heavy atom. The van der Waals surface area contributed by atoms with E-state index < -0.39 is 16.1 Å². The van der Waals surface area contributed by atoms with Crippen LogP contribution in [0.5, 0.6) is 17.2 Å². The lowest BCUT2D eigenvalue weighted by atomic mass is 10.1. The smallest absolute Gasteiger partial charge is 0.257 e. The van der Waals surface area contributed by atoms with E-state index in [0.29, 0.717) is 30.3 Å². The van der Waals surface area contributed by atoms with Crippen LogP contribution in [0.4, 0.5) is 0 Å². The third-order valence-electron chi connectivity index (χ3n) is 5.17. The molecular formula is C21H24N2O6S. The fourth-order valence-corrected chi connectivity index (χ4v) is 4.65. The standard InChI is InChI=1S/C21H24N2O6S/c1-27-18-9-8-16(12-17(18)21(24)23-10-4-5-11-23)30(25,26)22-13-15-14-28-19-6-2-3-7-20(19)29-15/h2-3,6-9,12,15,22H,4-5,10-11,13-14H2,1H3/t15-/m1/s1. The highest BCUT2D eigenvalue weighted by Gasteiger charge is 2.27. The van der Waals surface area contributed by atoms with Crippen LogP contribution in [0.25, 0.3) is 0 Å². The van der Waals surface area contributed by atoms with E-state index in [1.165, 1.54) is 25.3 Å². The Kier molecular flexibility index (Phi) is 5.83. The van der Waals surface area contributed by atoms with Crippen LogP contribution in [0.2, 0.25) is 0 Å². The number of benzene rings is 2. The van der Waals surface area contributed by atoms with Gasteiger partial charge < -0.3 is 19.1 Å². The number of para-hydroxylation sites is 2. The van der Waals surface area contributed by atoms with Crippen molar-refractivity contribution in [1.29, 1.82) is 0 Å². The zero-order chi connectivity index (χ0) is 21.1. The molecule has 0 radical (unpaired) electrons. The second-order valence-electron chi connectivity index (χ2n) is 7.21. The molecule has 0 aliphatic carbocycles. The summed E-state index contributed by atoms with van der Waals surface area (Å²) in [5, 5.41) is 0. The lowest BCUT2D eigenvalue weighted by Gasteiger charge is -2.26. The molecular weight excluding hydrogens is 408 g/mol. The van der Waals surface area contributed by atoms with Crippen molar-refractivity contribution in [2.45, 2.75) is 23.8 Å². The first-order chi connectivity index (χ1) is 14.5. The van der Waals surface area contributed by atoms with Crippen molar-refractivity contribution in [1.82, 2.24) is 9.62 Å². The monoisotopic (exact) mass is 432 g/mol. The molecule has 1 fully saturated rings. The molecule has 8 nitrogen and oxygen atoms in total. The van der Waals surface area contributed by atoms with Gasteiger partial charge in [0.2, 0.25) is 10.0 Å². The summed E-state index contributed by atoms with van der Waals surface area (Å²) in [6.45, 7) is 1.61. The number of hydrogen-bond donors (Lipinski definition) is 1. The largest absolute Gasteiger partial charge is 0.496 e. The Labute approximate surface area is 175 Å². The normalized spacial score (nSPS) is 18.3. The molecule has 1 atom stereocenters. The molecule has 4 rings (SSSR count). The highest BCUT2D eigenvalue weighted by molar-refractivity contribution is 7.89. The summed E-state index contributed by atoms with van der Waals surface area (Å²) in [4.78, 5) is 14.5. The minimum Gasteiger partial charge on any atom is -0.496 e. The molecule has 2 aliphatic rings. The lowest BCUT2D eigenvalue weighted by Crippen LogP contribution is -2.40. The molecule has 0 aromatic heterocycles. The van der Waals surface area contributed by atoms with Gasteiger partial charge in [-0.1, -0.05) is 12.1 Å². The maximum Gasteiger partial charge on any atom is 0.257 e. The van der Waals surface area contributed by atoms with Crippen LogP contribution in [0.1, 0.15) is 23.2 Å². The van der Waals surface area contributed by atoms with Gasteiger partial charge in [0, 0.05) is 13.1 Å². The number of nitrogens with one attached hydrogen (secondary N) is 1. The van der Waals surface area contributed by atoms with Gasteiger partial charge in [0.05, 0.1) is 24.1 Å². The zero-order valence-electron chi connectivity index (χ0n) is 16.7. The summed E-state index contributed by atoms with van der Waals surface area (Å²) in [7, 11) is -2.39. The SMILES string of the molecule is COc1ccc(S(=O)(=O)NC[C@@H]2COc3ccccc3O2)cc1C(=O)N1CCCC1. The molecule has 0 unspecified atom stereocenters. The first-order valence-corrected chi connectivity index (χ1v) is 11.3. The molecule has 2 aromatic rings. The molecule has 0 spiro atoms. The maximum atomic E-state index is 12.8. The fourth-order valence-electron chi connectivity index (χ4n) is 3.56. The molecule has 2 aliphatic heterocycles. The van der Waals surface area contributed by atoms with Crippen molar-refractivity contribution in [2.75, 3.05) is 33.4 Å². The quantitative estimate of drug-likeness (QED) is 0.751. The summed E-state index contributed by atoms with van der Waals surface area (Å²) in [5.41, 5.74) is 0.244. The van der Waals surface area contributed by atoms with Gasteiger partial charge in [-0.2, -0.15) is 0 Å². The molecule has 160 valence electrons. The number of methoxy groups -OCH3 is 1. The second kappa shape index (κ2) is 8.53. The van der Waals surface area contributed by atoms with Crippen LogP contribution in [0.15, 0.2) is 47.4 Å². The van der Waals surface area contributed by atoms with Gasteiger partial charge in [-0.25, -0.2) is 13.1 Å². The molecule has 1 amide bonds. The molecule has 2 aromatic carbocycles. The van der Waals surface area contributed by atoms with E-state index in [-0.39, 0.29) is 29.5 Å². The van der Waals surface area contributed by atoms with Crippen LogP contribution >= 0.6 is 0 Å². The number of hydrogen-bond acceptors (Lipinski definition) is 6. The summed E-state index contributed by atoms with van der Waals surface area (Å²) in [6.07, 6.45) is 1.43. The molecule has 2 heterocycles. The Balaban J connectivity index is 1.48. The Hall–Kier alpha value is -2.78. The van der Waals surface area contributed by atoms with Crippen LogP contribution in [-0.4, -0.2) is 58.7 Å². The van der Waals surface area contributed by atoms with Crippen LogP contribution in [0, 0.1) is 0 Å². The average Bonchev–Trinajstić information content (AvgIpc) is 3.31. The first-order valence-electron chi connectivity index (χ1n) is 9.83. The third-order valence-corrected chi connectivity index (χ3v) is 6.59. The Morgan fingerprint density at radius 3 is 2.63 bits per heavy atom. The van der Waals surface area contributed by atoms with E-state index in [1.807, 2.05) is 12.1 Å². The predicted octanol–water partition coefficient (Wildman–Crippen LogP) is 2.05. The summed E-state index contributed by atoms with van der Waals surface area (Å²) >= 11 is 0. The lowest BCUT2D eigenvalue weighted by molar-refractivity contribution is 0.0789. The van der Waals surface area contributed by atoms with Crippen LogP contribution in [-0.2, 0) is 10.0 Å². The summed E-state index contributed by atoms with van der Waals surface area (Å²) in [6, 6.07) is 11.5. The molecule has 1 N–H and O–H groups in total. The van der Waals surface area contributed by atoms with E-state index in [9.17, 15) is 13.2 Å². The number of carbonyl (C=O) groups excluding carboxylic acids is 1. The molecule has 9 heteroatoms. The van der Waals surface area contributed by atoms with Crippen molar-refractivity contribution in [3.8, 4) is 17.2 Å². The minimum atomic E-state index is -3.85. The number of ether oxygens (including phenoxy) is 3. The molecule has 0 saturated carbocycles. The van der Waals surface area contributed by atoms with Gasteiger partial charge in [0.25, 0.3) is 5.91 Å². The van der Waals surface area contributed by atoms with Crippen molar-refractivity contribution in [2.24, 2.45) is 0 Å². The topological polar surface area (TPSA) is 94.2 Å². The highest BCUT2D eigenvalue weighted by atomic mass is 32.2. The van der Waals surface area contributed by atoms with Gasteiger partial charge in [-0.15, -0.1) is 0 Å². The minimum absolute atomic E-state index is 0.00275. The molecule has 30 heavy (non-hydrogen) atoms. The zero-order valence-corrected chi connectivity index (χ0v) is 17.5. The van der Waals surface area contributed by atoms with E-state index >= 15 is 0 Å². The molecule has 1 saturated heterocycles. The van der Waals surface area contributed by atoms with Crippen molar-refractivity contribution < 1.29 is 27.4 Å². The van der Waals surface area contributed by atoms with Crippen LogP contribution < -0.4 is 18.9 Å². The van der Waals surface area contributed by atoms with Gasteiger partial charge in [-0.3, -0.25) is 4.79 Å². The van der Waals surface area contributed by atoms with Crippen LogP contribution in [0.3, 0.4) is 0 Å². The summed E-state index contributed by atoms with van der Waals surface area (Å²) < 4.78 is 44.9. The van der Waals surface area contributed by atoms with Crippen molar-refractivity contribution in [3.05, 3.63) is 48.0 Å². The fraction of sp³-hybridized carbons (Fsp3) is 0.381. The van der Waals surface area contributed by atoms with Gasteiger partial charge in [0.15, 0.2) is 11.5 Å². The number of amides is 1. The number of nitrogens with zero attached hydrogens (tertiary/aromatic N) is 1. The second-order valence-corrected chi connectivity index (χ2v) is 8.98. The number of sulfonamides is 1. The Bertz CT molecular complexity index is 1030. The first kappa shape index (κ1) is 20.5. The summed E-state index contributed by atoms with van der Waals surface area (Å²) in [5.74, 6) is 1.35.